The predicted octanol–water partition coefficient (Wildman–Crippen LogP) is 4.63. The summed E-state index contributed by atoms with van der Waals surface area (Å²) in [5.74, 6) is 0.835. The van der Waals surface area contributed by atoms with Crippen LogP contribution in [0.15, 0.2) is 48.5 Å². The Kier molecular flexibility index (Phi) is 4.97. The molecule has 0 aromatic heterocycles. The molecule has 0 spiro atoms. The van der Waals surface area contributed by atoms with Crippen LogP contribution in [0.2, 0.25) is 0 Å². The molecule has 1 heteroatoms. The van der Waals surface area contributed by atoms with Gasteiger partial charge in [-0.3, -0.25) is 0 Å². The van der Waals surface area contributed by atoms with Crippen molar-refractivity contribution in [1.82, 2.24) is 0 Å². The molecular formula is C19H24O. The maximum Gasteiger partial charge on any atom is 0.0440 e. The van der Waals surface area contributed by atoms with Crippen LogP contribution in [0.1, 0.15) is 54.4 Å². The number of aryl methyl sites for hydroxylation is 1. The van der Waals surface area contributed by atoms with E-state index in [0.29, 0.717) is 5.92 Å². The molecule has 2 aromatic carbocycles. The second-order valence-electron chi connectivity index (χ2n) is 5.80. The topological polar surface area (TPSA) is 20.2 Å². The minimum atomic E-state index is 0.213. The summed E-state index contributed by atoms with van der Waals surface area (Å²) in [4.78, 5) is 0. The van der Waals surface area contributed by atoms with E-state index in [2.05, 4.69) is 69.3 Å². The van der Waals surface area contributed by atoms with E-state index < -0.39 is 0 Å². The third-order valence-electron chi connectivity index (χ3n) is 3.90. The molecule has 0 aliphatic carbocycles. The fourth-order valence-electron chi connectivity index (χ4n) is 2.57. The molecule has 0 aliphatic rings. The fraction of sp³-hybridized carbons (Fsp3) is 0.368. The first-order chi connectivity index (χ1) is 9.61. The highest BCUT2D eigenvalue weighted by Crippen LogP contribution is 2.29. The highest BCUT2D eigenvalue weighted by molar-refractivity contribution is 5.36. The molecule has 1 nitrogen and oxygen atoms in total. The molecule has 0 amide bonds. The Morgan fingerprint density at radius 2 is 1.25 bits per heavy atom. The predicted molar refractivity (Wildman–Crippen MR) is 85.3 cm³/mol. The summed E-state index contributed by atoms with van der Waals surface area (Å²) in [5.41, 5.74) is 5.20. The molecule has 2 aromatic rings. The van der Waals surface area contributed by atoms with E-state index in [9.17, 15) is 5.11 Å². The Morgan fingerprint density at radius 3 is 1.70 bits per heavy atom. The van der Waals surface area contributed by atoms with Gasteiger partial charge in [0.25, 0.3) is 0 Å². The van der Waals surface area contributed by atoms with Gasteiger partial charge in [0.2, 0.25) is 0 Å². The molecule has 1 unspecified atom stereocenters. The van der Waals surface area contributed by atoms with Crippen LogP contribution in [0, 0.1) is 6.92 Å². The van der Waals surface area contributed by atoms with Gasteiger partial charge >= 0.3 is 0 Å². The SMILES string of the molecule is Cc1ccc(C(CCO)c2ccc(C(C)C)cc2)cc1. The van der Waals surface area contributed by atoms with E-state index in [1.54, 1.807) is 0 Å². The summed E-state index contributed by atoms with van der Waals surface area (Å²) >= 11 is 0. The average Bonchev–Trinajstić information content (AvgIpc) is 2.46. The zero-order valence-corrected chi connectivity index (χ0v) is 12.6. The van der Waals surface area contributed by atoms with Crippen molar-refractivity contribution in [1.29, 1.82) is 0 Å². The quantitative estimate of drug-likeness (QED) is 0.838. The van der Waals surface area contributed by atoms with E-state index in [-0.39, 0.29) is 12.5 Å². The second kappa shape index (κ2) is 6.71. The first-order valence-electron chi connectivity index (χ1n) is 7.39. The van der Waals surface area contributed by atoms with Crippen molar-refractivity contribution in [3.63, 3.8) is 0 Å². The number of benzene rings is 2. The smallest absolute Gasteiger partial charge is 0.0440 e. The van der Waals surface area contributed by atoms with Crippen molar-refractivity contribution in [2.75, 3.05) is 6.61 Å². The van der Waals surface area contributed by atoms with Gasteiger partial charge in [0.1, 0.15) is 0 Å². The third kappa shape index (κ3) is 3.49. The molecule has 0 radical (unpaired) electrons. The maximum absolute atomic E-state index is 9.36. The van der Waals surface area contributed by atoms with Crippen LogP contribution < -0.4 is 0 Å². The van der Waals surface area contributed by atoms with Gasteiger partial charge in [-0.25, -0.2) is 0 Å². The van der Waals surface area contributed by atoms with Crippen molar-refractivity contribution in [2.24, 2.45) is 0 Å². The Labute approximate surface area is 122 Å². The zero-order valence-electron chi connectivity index (χ0n) is 12.6. The molecule has 0 saturated carbocycles. The fourth-order valence-corrected chi connectivity index (χ4v) is 2.57. The van der Waals surface area contributed by atoms with Gasteiger partial charge in [-0.1, -0.05) is 67.9 Å². The third-order valence-corrected chi connectivity index (χ3v) is 3.90. The lowest BCUT2D eigenvalue weighted by Crippen LogP contribution is -2.04. The first kappa shape index (κ1) is 14.8. The van der Waals surface area contributed by atoms with Crippen molar-refractivity contribution < 1.29 is 5.11 Å². The Hall–Kier alpha value is -1.60. The lowest BCUT2D eigenvalue weighted by molar-refractivity contribution is 0.281. The van der Waals surface area contributed by atoms with E-state index in [1.165, 1.54) is 22.3 Å². The lowest BCUT2D eigenvalue weighted by Gasteiger charge is -2.18. The van der Waals surface area contributed by atoms with Crippen molar-refractivity contribution >= 4 is 0 Å². The molecule has 106 valence electrons. The van der Waals surface area contributed by atoms with Crippen LogP contribution in [0.4, 0.5) is 0 Å². The minimum absolute atomic E-state index is 0.213. The Bertz CT molecular complexity index is 523. The van der Waals surface area contributed by atoms with Crippen molar-refractivity contribution in [3.05, 3.63) is 70.8 Å². The van der Waals surface area contributed by atoms with Gasteiger partial charge in [0, 0.05) is 12.5 Å². The maximum atomic E-state index is 9.36. The van der Waals surface area contributed by atoms with Crippen LogP contribution in [-0.2, 0) is 0 Å². The van der Waals surface area contributed by atoms with E-state index >= 15 is 0 Å². The summed E-state index contributed by atoms with van der Waals surface area (Å²) in [6.45, 7) is 6.73. The van der Waals surface area contributed by atoms with Gasteiger partial charge in [-0.15, -0.1) is 0 Å². The Balaban J connectivity index is 2.30. The van der Waals surface area contributed by atoms with Crippen LogP contribution in [0.25, 0.3) is 0 Å². The first-order valence-corrected chi connectivity index (χ1v) is 7.39. The molecule has 0 aliphatic heterocycles. The summed E-state index contributed by atoms with van der Waals surface area (Å²) < 4.78 is 0. The summed E-state index contributed by atoms with van der Waals surface area (Å²) in [5, 5.41) is 9.36. The molecule has 0 heterocycles. The van der Waals surface area contributed by atoms with Gasteiger partial charge in [0.15, 0.2) is 0 Å². The van der Waals surface area contributed by atoms with Gasteiger partial charge in [0.05, 0.1) is 0 Å². The van der Waals surface area contributed by atoms with E-state index in [4.69, 9.17) is 0 Å². The van der Waals surface area contributed by atoms with Crippen LogP contribution in [-0.4, -0.2) is 11.7 Å². The van der Waals surface area contributed by atoms with Gasteiger partial charge < -0.3 is 5.11 Å². The molecule has 0 saturated heterocycles. The second-order valence-corrected chi connectivity index (χ2v) is 5.80. The zero-order chi connectivity index (χ0) is 14.5. The van der Waals surface area contributed by atoms with Crippen molar-refractivity contribution in [3.8, 4) is 0 Å². The lowest BCUT2D eigenvalue weighted by atomic mass is 9.87. The number of aliphatic hydroxyl groups is 1. The number of hydrogen-bond acceptors (Lipinski definition) is 1. The van der Waals surface area contributed by atoms with Crippen LogP contribution in [0.3, 0.4) is 0 Å². The molecule has 0 fully saturated rings. The van der Waals surface area contributed by atoms with Crippen molar-refractivity contribution in [2.45, 2.75) is 39.0 Å². The largest absolute Gasteiger partial charge is 0.396 e. The van der Waals surface area contributed by atoms with Crippen LogP contribution in [0.5, 0.6) is 0 Å². The molecule has 2 rings (SSSR count). The minimum Gasteiger partial charge on any atom is -0.396 e. The summed E-state index contributed by atoms with van der Waals surface area (Å²) in [6, 6.07) is 17.4. The summed E-state index contributed by atoms with van der Waals surface area (Å²) in [7, 11) is 0. The molecular weight excluding hydrogens is 244 g/mol. The molecule has 1 N–H and O–H groups in total. The molecule has 20 heavy (non-hydrogen) atoms. The summed E-state index contributed by atoms with van der Waals surface area (Å²) in [6.07, 6.45) is 0.768. The normalized spacial score (nSPS) is 12.7. The number of aliphatic hydroxyl groups excluding tert-OH is 1. The van der Waals surface area contributed by atoms with E-state index in [1.807, 2.05) is 0 Å². The highest BCUT2D eigenvalue weighted by atomic mass is 16.3. The highest BCUT2D eigenvalue weighted by Gasteiger charge is 2.13. The number of hydrogen-bond donors (Lipinski definition) is 1. The molecule has 0 bridgehead atoms. The Morgan fingerprint density at radius 1 is 0.800 bits per heavy atom. The number of rotatable bonds is 5. The van der Waals surface area contributed by atoms with Gasteiger partial charge in [-0.2, -0.15) is 0 Å². The van der Waals surface area contributed by atoms with Crippen LogP contribution >= 0.6 is 0 Å². The average molecular weight is 268 g/mol. The standard InChI is InChI=1S/C19H24O/c1-14(2)16-8-10-18(11-9-16)19(12-13-20)17-6-4-15(3)5-7-17/h4-11,14,19-20H,12-13H2,1-3H3. The van der Waals surface area contributed by atoms with E-state index in [0.717, 1.165) is 6.42 Å². The monoisotopic (exact) mass is 268 g/mol. The molecule has 1 atom stereocenters. The van der Waals surface area contributed by atoms with Gasteiger partial charge in [-0.05, 0) is 36.0 Å².